The van der Waals surface area contributed by atoms with Crippen LogP contribution in [-0.2, 0) is 14.3 Å². The molecule has 0 N–H and O–H groups in total. The van der Waals surface area contributed by atoms with E-state index < -0.39 is 18.2 Å². The molecule has 18 heavy (non-hydrogen) atoms. The van der Waals surface area contributed by atoms with E-state index in [1.165, 1.54) is 0 Å². The molecular formula is C11H11N3O4. The number of nitrogens with zero attached hydrogens (tertiary/aromatic N) is 3. The third kappa shape index (κ3) is 3.80. The molecule has 0 aliphatic heterocycles. The number of ether oxygens (including phenoxy) is 2. The fourth-order valence-electron chi connectivity index (χ4n) is 1.22. The SMILES string of the molecule is CCOC(=O)OC(=O)[C@H](N=[N+]=[N-])c1ccccc1. The summed E-state index contributed by atoms with van der Waals surface area (Å²) in [5.74, 6) is -0.975. The maximum Gasteiger partial charge on any atom is 0.516 e. The molecule has 0 amide bonds. The van der Waals surface area contributed by atoms with Crippen molar-refractivity contribution in [1.29, 1.82) is 0 Å². The molecule has 0 aliphatic carbocycles. The molecule has 0 saturated carbocycles. The largest absolute Gasteiger partial charge is 0.516 e. The molecule has 1 rings (SSSR count). The van der Waals surface area contributed by atoms with Crippen LogP contribution in [0.25, 0.3) is 10.4 Å². The maximum atomic E-state index is 11.6. The predicted octanol–water partition coefficient (Wildman–Crippen LogP) is 2.74. The van der Waals surface area contributed by atoms with Crippen LogP contribution in [0.3, 0.4) is 0 Å². The Bertz CT molecular complexity index is 468. The highest BCUT2D eigenvalue weighted by atomic mass is 16.7. The van der Waals surface area contributed by atoms with Crippen molar-refractivity contribution in [3.05, 3.63) is 46.3 Å². The van der Waals surface area contributed by atoms with E-state index in [1.807, 2.05) is 0 Å². The molecule has 0 bridgehead atoms. The first-order valence-electron chi connectivity index (χ1n) is 5.16. The Hall–Kier alpha value is -2.53. The van der Waals surface area contributed by atoms with E-state index in [4.69, 9.17) is 5.53 Å². The van der Waals surface area contributed by atoms with Gasteiger partial charge in [0.15, 0.2) is 6.04 Å². The first-order valence-corrected chi connectivity index (χ1v) is 5.16. The first kappa shape index (κ1) is 13.5. The highest BCUT2D eigenvalue weighted by molar-refractivity contribution is 5.86. The third-order valence-corrected chi connectivity index (χ3v) is 1.95. The second kappa shape index (κ2) is 6.93. The van der Waals surface area contributed by atoms with Crippen LogP contribution in [0.5, 0.6) is 0 Å². The third-order valence-electron chi connectivity index (χ3n) is 1.95. The Morgan fingerprint density at radius 3 is 2.61 bits per heavy atom. The molecule has 0 heterocycles. The van der Waals surface area contributed by atoms with Gasteiger partial charge in [-0.3, -0.25) is 4.79 Å². The van der Waals surface area contributed by atoms with Crippen LogP contribution in [0.15, 0.2) is 35.4 Å². The number of carbonyl (C=O) groups excluding carboxylic acids is 2. The zero-order valence-corrected chi connectivity index (χ0v) is 9.65. The predicted molar refractivity (Wildman–Crippen MR) is 61.4 cm³/mol. The van der Waals surface area contributed by atoms with Crippen LogP contribution >= 0.6 is 0 Å². The Morgan fingerprint density at radius 1 is 1.39 bits per heavy atom. The summed E-state index contributed by atoms with van der Waals surface area (Å²) in [7, 11) is 0. The highest BCUT2D eigenvalue weighted by Gasteiger charge is 2.23. The van der Waals surface area contributed by atoms with Gasteiger partial charge in [-0.05, 0) is 18.0 Å². The molecule has 7 nitrogen and oxygen atoms in total. The van der Waals surface area contributed by atoms with Gasteiger partial charge in [0.25, 0.3) is 0 Å². The van der Waals surface area contributed by atoms with Crippen LogP contribution in [0.4, 0.5) is 4.79 Å². The van der Waals surface area contributed by atoms with Gasteiger partial charge >= 0.3 is 12.1 Å². The fraction of sp³-hybridized carbons (Fsp3) is 0.273. The van der Waals surface area contributed by atoms with Crippen molar-refractivity contribution >= 4 is 12.1 Å². The second-order valence-electron chi connectivity index (χ2n) is 3.12. The number of carbonyl (C=O) groups is 2. The molecule has 7 heteroatoms. The average Bonchev–Trinajstić information content (AvgIpc) is 2.37. The minimum atomic E-state index is -1.21. The summed E-state index contributed by atoms with van der Waals surface area (Å²) in [5, 5.41) is 3.31. The molecule has 0 unspecified atom stereocenters. The van der Waals surface area contributed by atoms with E-state index in [0.29, 0.717) is 5.56 Å². The standard InChI is InChI=1S/C11H11N3O4/c1-2-17-11(16)18-10(15)9(13-14-12)8-6-4-3-5-7-8/h3-7,9H,2H2,1H3/t9-/m1/s1. The number of benzene rings is 1. The van der Waals surface area contributed by atoms with Crippen LogP contribution in [0.2, 0.25) is 0 Å². The van der Waals surface area contributed by atoms with Gasteiger partial charge in [0, 0.05) is 4.91 Å². The average molecular weight is 249 g/mol. The first-order chi connectivity index (χ1) is 8.69. The van der Waals surface area contributed by atoms with Gasteiger partial charge < -0.3 is 9.47 Å². The molecule has 1 aromatic rings. The quantitative estimate of drug-likeness (QED) is 0.269. The van der Waals surface area contributed by atoms with Crippen molar-refractivity contribution in [2.45, 2.75) is 13.0 Å². The van der Waals surface area contributed by atoms with Gasteiger partial charge in [-0.15, -0.1) is 0 Å². The minimum Gasteiger partial charge on any atom is -0.434 e. The van der Waals surface area contributed by atoms with E-state index in [9.17, 15) is 9.59 Å². The van der Waals surface area contributed by atoms with Gasteiger partial charge in [0.05, 0.1) is 6.61 Å². The Balaban J connectivity index is 2.83. The van der Waals surface area contributed by atoms with Crippen LogP contribution in [-0.4, -0.2) is 18.7 Å². The summed E-state index contributed by atoms with van der Waals surface area (Å²) in [6.07, 6.45) is -1.11. The molecule has 0 fully saturated rings. The van der Waals surface area contributed by atoms with Crippen molar-refractivity contribution in [3.63, 3.8) is 0 Å². The molecule has 1 aromatic carbocycles. The molecule has 0 saturated heterocycles. The minimum absolute atomic E-state index is 0.0869. The lowest BCUT2D eigenvalue weighted by Gasteiger charge is -2.09. The monoisotopic (exact) mass is 249 g/mol. The molecule has 94 valence electrons. The topological polar surface area (TPSA) is 101 Å². The van der Waals surface area contributed by atoms with Gasteiger partial charge in [0.1, 0.15) is 0 Å². The summed E-state index contributed by atoms with van der Waals surface area (Å²) < 4.78 is 8.85. The van der Waals surface area contributed by atoms with E-state index in [2.05, 4.69) is 19.5 Å². The summed E-state index contributed by atoms with van der Waals surface area (Å²) >= 11 is 0. The van der Waals surface area contributed by atoms with E-state index in [1.54, 1.807) is 37.3 Å². The normalized spacial score (nSPS) is 10.9. The molecule has 0 spiro atoms. The fourth-order valence-corrected chi connectivity index (χ4v) is 1.22. The lowest BCUT2D eigenvalue weighted by Crippen LogP contribution is -2.19. The summed E-state index contributed by atoms with van der Waals surface area (Å²) in [5.41, 5.74) is 8.85. The molecule has 0 aromatic heterocycles. The van der Waals surface area contributed by atoms with Crippen molar-refractivity contribution < 1.29 is 19.1 Å². The van der Waals surface area contributed by atoms with Crippen molar-refractivity contribution in [2.75, 3.05) is 6.61 Å². The molecular weight excluding hydrogens is 238 g/mol. The second-order valence-corrected chi connectivity index (χ2v) is 3.12. The molecule has 1 atom stereocenters. The Kier molecular flexibility index (Phi) is 5.21. The Labute approximate surface area is 103 Å². The maximum absolute atomic E-state index is 11.6. The van der Waals surface area contributed by atoms with E-state index >= 15 is 0 Å². The highest BCUT2D eigenvalue weighted by Crippen LogP contribution is 2.19. The number of azide groups is 1. The van der Waals surface area contributed by atoms with E-state index in [0.717, 1.165) is 0 Å². The van der Waals surface area contributed by atoms with Gasteiger partial charge in [0.2, 0.25) is 0 Å². The molecule has 0 radical (unpaired) electrons. The van der Waals surface area contributed by atoms with Crippen LogP contribution in [0.1, 0.15) is 18.5 Å². The summed E-state index contributed by atoms with van der Waals surface area (Å²) in [4.78, 5) is 25.2. The van der Waals surface area contributed by atoms with E-state index in [-0.39, 0.29) is 6.61 Å². The van der Waals surface area contributed by atoms with Crippen molar-refractivity contribution in [2.24, 2.45) is 5.11 Å². The zero-order valence-electron chi connectivity index (χ0n) is 9.65. The van der Waals surface area contributed by atoms with Crippen LogP contribution < -0.4 is 0 Å². The van der Waals surface area contributed by atoms with Crippen molar-refractivity contribution in [3.8, 4) is 0 Å². The number of hydrogen-bond acceptors (Lipinski definition) is 5. The smallest absolute Gasteiger partial charge is 0.434 e. The number of esters is 1. The van der Waals surface area contributed by atoms with Gasteiger partial charge in [-0.25, -0.2) is 4.79 Å². The van der Waals surface area contributed by atoms with Crippen molar-refractivity contribution in [1.82, 2.24) is 0 Å². The number of hydrogen-bond donors (Lipinski definition) is 0. The summed E-state index contributed by atoms with van der Waals surface area (Å²) in [6, 6.07) is 7.06. The zero-order chi connectivity index (χ0) is 13.4. The Morgan fingerprint density at radius 2 is 2.06 bits per heavy atom. The van der Waals surface area contributed by atoms with Crippen LogP contribution in [0, 0.1) is 0 Å². The van der Waals surface area contributed by atoms with Gasteiger partial charge in [-0.2, -0.15) is 0 Å². The summed E-state index contributed by atoms with van der Waals surface area (Å²) in [6.45, 7) is 1.66. The number of rotatable bonds is 4. The molecule has 0 aliphatic rings. The lowest BCUT2D eigenvalue weighted by atomic mass is 10.1. The van der Waals surface area contributed by atoms with Gasteiger partial charge in [-0.1, -0.05) is 35.4 Å². The lowest BCUT2D eigenvalue weighted by molar-refractivity contribution is -0.141.